The molecule has 2 rings (SSSR count). The maximum Gasteiger partial charge on any atom is 0.0622 e. The second-order valence-electron chi connectivity index (χ2n) is 5.75. The van der Waals surface area contributed by atoms with Crippen molar-refractivity contribution in [1.29, 1.82) is 0 Å². The third-order valence-corrected chi connectivity index (χ3v) is 4.61. The molecule has 1 atom stereocenters. The number of nitrogens with two attached hydrogens (primary N) is 1. The highest BCUT2D eigenvalue weighted by atomic mass is 16.5. The molecule has 100 valence electrons. The van der Waals surface area contributed by atoms with Gasteiger partial charge in [-0.3, -0.25) is 4.90 Å². The lowest BCUT2D eigenvalue weighted by molar-refractivity contribution is -0.0185. The van der Waals surface area contributed by atoms with Gasteiger partial charge >= 0.3 is 0 Å². The monoisotopic (exact) mass is 240 g/mol. The van der Waals surface area contributed by atoms with E-state index in [-0.39, 0.29) is 0 Å². The van der Waals surface area contributed by atoms with Crippen LogP contribution in [-0.2, 0) is 4.74 Å². The molecule has 0 spiro atoms. The molecular weight excluding hydrogens is 212 g/mol. The van der Waals surface area contributed by atoms with E-state index in [1.54, 1.807) is 0 Å². The van der Waals surface area contributed by atoms with Gasteiger partial charge in [0.2, 0.25) is 0 Å². The fourth-order valence-corrected chi connectivity index (χ4v) is 3.29. The number of ether oxygens (including phenoxy) is 1. The van der Waals surface area contributed by atoms with Gasteiger partial charge in [-0.05, 0) is 50.5 Å². The van der Waals surface area contributed by atoms with E-state index in [1.807, 2.05) is 0 Å². The van der Waals surface area contributed by atoms with Crippen molar-refractivity contribution in [1.82, 2.24) is 4.90 Å². The van der Waals surface area contributed by atoms with Crippen molar-refractivity contribution in [3.63, 3.8) is 0 Å². The topological polar surface area (TPSA) is 38.5 Å². The van der Waals surface area contributed by atoms with E-state index in [4.69, 9.17) is 10.5 Å². The Morgan fingerprint density at radius 1 is 1.18 bits per heavy atom. The Morgan fingerprint density at radius 2 is 1.88 bits per heavy atom. The second-order valence-corrected chi connectivity index (χ2v) is 5.75. The molecule has 2 aliphatic rings. The van der Waals surface area contributed by atoms with Crippen LogP contribution in [0.25, 0.3) is 0 Å². The van der Waals surface area contributed by atoms with Crippen molar-refractivity contribution in [2.75, 3.05) is 32.8 Å². The van der Waals surface area contributed by atoms with Crippen LogP contribution in [0.4, 0.5) is 0 Å². The first-order chi connectivity index (χ1) is 8.33. The Hall–Kier alpha value is -0.120. The van der Waals surface area contributed by atoms with Crippen LogP contribution in [0.1, 0.15) is 39.0 Å². The fourth-order valence-electron chi connectivity index (χ4n) is 3.29. The minimum Gasteiger partial charge on any atom is -0.378 e. The molecule has 1 unspecified atom stereocenters. The van der Waals surface area contributed by atoms with Gasteiger partial charge in [0, 0.05) is 19.1 Å². The molecule has 1 saturated carbocycles. The summed E-state index contributed by atoms with van der Waals surface area (Å²) in [6.45, 7) is 7.46. The highest BCUT2D eigenvalue weighted by Gasteiger charge is 2.26. The van der Waals surface area contributed by atoms with Gasteiger partial charge in [0.1, 0.15) is 0 Å². The van der Waals surface area contributed by atoms with Crippen molar-refractivity contribution in [3.8, 4) is 0 Å². The quantitative estimate of drug-likeness (QED) is 0.815. The zero-order valence-electron chi connectivity index (χ0n) is 11.2. The van der Waals surface area contributed by atoms with Crippen molar-refractivity contribution < 1.29 is 4.74 Å². The standard InChI is InChI=1S/C14H28N2O/c1-2-14-11-17-8-7-16(14)10-13-5-3-12(9-15)4-6-13/h12-14H,2-11,15H2,1H3. The maximum absolute atomic E-state index is 5.75. The number of hydrogen-bond donors (Lipinski definition) is 1. The number of morpholine rings is 1. The van der Waals surface area contributed by atoms with Crippen molar-refractivity contribution in [2.24, 2.45) is 17.6 Å². The van der Waals surface area contributed by atoms with Crippen molar-refractivity contribution >= 4 is 0 Å². The summed E-state index contributed by atoms with van der Waals surface area (Å²) in [4.78, 5) is 2.66. The summed E-state index contributed by atoms with van der Waals surface area (Å²) < 4.78 is 5.57. The molecule has 3 nitrogen and oxygen atoms in total. The van der Waals surface area contributed by atoms with E-state index in [0.29, 0.717) is 6.04 Å². The van der Waals surface area contributed by atoms with Gasteiger partial charge in [0.25, 0.3) is 0 Å². The summed E-state index contributed by atoms with van der Waals surface area (Å²) >= 11 is 0. The SMILES string of the molecule is CCC1COCCN1CC1CCC(CN)CC1. The third kappa shape index (κ3) is 3.67. The van der Waals surface area contributed by atoms with Gasteiger partial charge in [-0.1, -0.05) is 6.92 Å². The van der Waals surface area contributed by atoms with E-state index in [1.165, 1.54) is 38.6 Å². The normalized spacial score (nSPS) is 36.0. The molecule has 1 aliphatic heterocycles. The zero-order valence-corrected chi connectivity index (χ0v) is 11.2. The Morgan fingerprint density at radius 3 is 2.53 bits per heavy atom. The first-order valence-electron chi connectivity index (χ1n) is 7.35. The second kappa shape index (κ2) is 6.72. The average Bonchev–Trinajstić information content (AvgIpc) is 2.40. The summed E-state index contributed by atoms with van der Waals surface area (Å²) in [5.41, 5.74) is 5.75. The lowest BCUT2D eigenvalue weighted by Gasteiger charge is -2.39. The first kappa shape index (κ1) is 13.3. The lowest BCUT2D eigenvalue weighted by Crippen LogP contribution is -2.47. The summed E-state index contributed by atoms with van der Waals surface area (Å²) in [6.07, 6.45) is 6.69. The van der Waals surface area contributed by atoms with Gasteiger partial charge in [0.05, 0.1) is 13.2 Å². The van der Waals surface area contributed by atoms with Crippen molar-refractivity contribution in [2.45, 2.75) is 45.1 Å². The molecular formula is C14H28N2O. The number of nitrogens with zero attached hydrogens (tertiary/aromatic N) is 1. The average molecular weight is 240 g/mol. The summed E-state index contributed by atoms with van der Waals surface area (Å²) in [7, 11) is 0. The van der Waals surface area contributed by atoms with E-state index in [0.717, 1.165) is 38.1 Å². The van der Waals surface area contributed by atoms with Crippen LogP contribution in [0.2, 0.25) is 0 Å². The molecule has 0 aromatic heterocycles. The molecule has 2 N–H and O–H groups in total. The summed E-state index contributed by atoms with van der Waals surface area (Å²) in [5, 5.41) is 0. The Balaban J connectivity index is 1.76. The molecule has 1 saturated heterocycles. The number of hydrogen-bond acceptors (Lipinski definition) is 3. The minimum atomic E-state index is 0.663. The Bertz CT molecular complexity index is 214. The van der Waals surface area contributed by atoms with Crippen LogP contribution in [0, 0.1) is 11.8 Å². The van der Waals surface area contributed by atoms with Crippen LogP contribution < -0.4 is 5.73 Å². The smallest absolute Gasteiger partial charge is 0.0622 e. The Labute approximate surface area is 106 Å². The highest BCUT2D eigenvalue weighted by molar-refractivity contribution is 4.80. The van der Waals surface area contributed by atoms with Crippen LogP contribution in [0.3, 0.4) is 0 Å². The molecule has 0 amide bonds. The van der Waals surface area contributed by atoms with E-state index in [2.05, 4.69) is 11.8 Å². The van der Waals surface area contributed by atoms with E-state index >= 15 is 0 Å². The molecule has 17 heavy (non-hydrogen) atoms. The van der Waals surface area contributed by atoms with Gasteiger partial charge in [-0.15, -0.1) is 0 Å². The van der Waals surface area contributed by atoms with Crippen molar-refractivity contribution in [3.05, 3.63) is 0 Å². The van der Waals surface area contributed by atoms with Crippen LogP contribution in [0.15, 0.2) is 0 Å². The van der Waals surface area contributed by atoms with Crippen LogP contribution in [0.5, 0.6) is 0 Å². The molecule has 1 heterocycles. The van der Waals surface area contributed by atoms with Crippen LogP contribution >= 0.6 is 0 Å². The number of rotatable bonds is 4. The molecule has 3 heteroatoms. The Kier molecular flexibility index (Phi) is 5.26. The highest BCUT2D eigenvalue weighted by Crippen LogP contribution is 2.29. The van der Waals surface area contributed by atoms with Gasteiger partial charge in [0.15, 0.2) is 0 Å². The molecule has 0 radical (unpaired) electrons. The molecule has 0 bridgehead atoms. The van der Waals surface area contributed by atoms with Gasteiger partial charge in [-0.25, -0.2) is 0 Å². The largest absolute Gasteiger partial charge is 0.378 e. The van der Waals surface area contributed by atoms with E-state index < -0.39 is 0 Å². The molecule has 0 aromatic rings. The van der Waals surface area contributed by atoms with Gasteiger partial charge < -0.3 is 10.5 Å². The minimum absolute atomic E-state index is 0.663. The molecule has 2 fully saturated rings. The van der Waals surface area contributed by atoms with Crippen LogP contribution in [-0.4, -0.2) is 43.8 Å². The first-order valence-corrected chi connectivity index (χ1v) is 7.35. The molecule has 1 aliphatic carbocycles. The predicted molar refractivity (Wildman–Crippen MR) is 71.0 cm³/mol. The van der Waals surface area contributed by atoms with Gasteiger partial charge in [-0.2, -0.15) is 0 Å². The summed E-state index contributed by atoms with van der Waals surface area (Å²) in [6, 6.07) is 0.663. The lowest BCUT2D eigenvalue weighted by atomic mass is 9.81. The van der Waals surface area contributed by atoms with E-state index in [9.17, 15) is 0 Å². The maximum atomic E-state index is 5.75. The summed E-state index contributed by atoms with van der Waals surface area (Å²) in [5.74, 6) is 1.71. The molecule has 0 aromatic carbocycles. The third-order valence-electron chi connectivity index (χ3n) is 4.61. The fraction of sp³-hybridized carbons (Fsp3) is 1.00. The zero-order chi connectivity index (χ0) is 12.1. The predicted octanol–water partition coefficient (Wildman–Crippen LogP) is 1.86.